The fourth-order valence-corrected chi connectivity index (χ4v) is 3.43. The molecule has 120 valence electrons. The van der Waals surface area contributed by atoms with Crippen LogP contribution < -0.4 is 5.73 Å². The lowest BCUT2D eigenvalue weighted by Gasteiger charge is -2.11. The number of rotatable bonds is 1. The molecule has 0 saturated heterocycles. The monoisotopic (exact) mass is 400 g/mol. The molecule has 0 atom stereocenters. The minimum atomic E-state index is 0.526. The molecule has 0 fully saturated rings. The van der Waals surface area contributed by atoms with Gasteiger partial charge in [-0.25, -0.2) is 9.66 Å². The maximum atomic E-state index is 6.23. The second-order valence-electron chi connectivity index (χ2n) is 5.81. The summed E-state index contributed by atoms with van der Waals surface area (Å²) in [6, 6.07) is 11.8. The van der Waals surface area contributed by atoms with Crippen molar-refractivity contribution < 1.29 is 0 Å². The molecule has 2 aromatic carbocycles. The number of halogens is 2. The number of hydrogen-bond acceptors (Lipinski definition) is 3. The summed E-state index contributed by atoms with van der Waals surface area (Å²) < 4.78 is 2.86. The average Bonchev–Trinajstić information content (AvgIpc) is 2.82. The zero-order chi connectivity index (χ0) is 16.8. The highest BCUT2D eigenvalue weighted by Gasteiger charge is 2.20. The van der Waals surface area contributed by atoms with E-state index in [-0.39, 0.29) is 0 Å². The normalized spacial score (nSPS) is 13.0. The predicted molar refractivity (Wildman–Crippen MR) is 101 cm³/mol. The van der Waals surface area contributed by atoms with Crippen LogP contribution in [0.15, 0.2) is 52.2 Å². The van der Waals surface area contributed by atoms with Gasteiger partial charge in [0.2, 0.25) is 0 Å². The summed E-state index contributed by atoms with van der Waals surface area (Å²) in [6.07, 6.45) is 2.67. The number of benzene rings is 2. The summed E-state index contributed by atoms with van der Waals surface area (Å²) in [7, 11) is 0. The summed E-state index contributed by atoms with van der Waals surface area (Å²) in [6.45, 7) is 1.97. The molecule has 1 aromatic heterocycles. The van der Waals surface area contributed by atoms with E-state index < -0.39 is 0 Å². The largest absolute Gasteiger partial charge is 0.398 e. The second kappa shape index (κ2) is 5.76. The van der Waals surface area contributed by atoms with Gasteiger partial charge in [0.25, 0.3) is 0 Å². The summed E-state index contributed by atoms with van der Waals surface area (Å²) in [4.78, 5) is 4.59. The van der Waals surface area contributed by atoms with Crippen LogP contribution in [0.5, 0.6) is 0 Å². The summed E-state index contributed by atoms with van der Waals surface area (Å²) in [5.41, 5.74) is 11.4. The van der Waals surface area contributed by atoms with E-state index in [4.69, 9.17) is 22.4 Å². The van der Waals surface area contributed by atoms with Crippen LogP contribution in [0.25, 0.3) is 0 Å². The van der Waals surface area contributed by atoms with Crippen molar-refractivity contribution in [1.82, 2.24) is 9.66 Å². The fourth-order valence-electron chi connectivity index (χ4n) is 2.89. The first kappa shape index (κ1) is 15.4. The van der Waals surface area contributed by atoms with E-state index >= 15 is 0 Å². The van der Waals surface area contributed by atoms with Gasteiger partial charge < -0.3 is 5.73 Å². The van der Waals surface area contributed by atoms with E-state index in [1.54, 1.807) is 0 Å². The number of hydrogen-bond donors (Lipinski definition) is 1. The molecular formula is C18H14BrClN4. The Morgan fingerprint density at radius 1 is 1.21 bits per heavy atom. The molecule has 2 heterocycles. The van der Waals surface area contributed by atoms with Crippen LogP contribution in [0.1, 0.15) is 28.2 Å². The van der Waals surface area contributed by atoms with E-state index in [1.807, 2.05) is 42.1 Å². The van der Waals surface area contributed by atoms with Gasteiger partial charge in [0.05, 0.1) is 28.3 Å². The van der Waals surface area contributed by atoms with Gasteiger partial charge in [-0.2, -0.15) is 5.10 Å². The lowest BCUT2D eigenvalue weighted by Crippen LogP contribution is -2.07. The van der Waals surface area contributed by atoms with Crippen molar-refractivity contribution in [3.05, 3.63) is 80.3 Å². The van der Waals surface area contributed by atoms with Crippen molar-refractivity contribution >= 4 is 38.9 Å². The molecular weight excluding hydrogens is 388 g/mol. The van der Waals surface area contributed by atoms with Crippen LogP contribution >= 0.6 is 27.5 Å². The van der Waals surface area contributed by atoms with Gasteiger partial charge in [-0.1, -0.05) is 39.7 Å². The number of nitrogens with zero attached hydrogens (tertiary/aromatic N) is 3. The Bertz CT molecular complexity index is 991. The maximum absolute atomic E-state index is 6.23. The van der Waals surface area contributed by atoms with Crippen molar-refractivity contribution in [2.75, 3.05) is 5.73 Å². The molecule has 2 N–H and O–H groups in total. The van der Waals surface area contributed by atoms with E-state index in [0.29, 0.717) is 10.7 Å². The lowest BCUT2D eigenvalue weighted by molar-refractivity contribution is 0.806. The molecule has 3 aromatic rings. The molecule has 1 aliphatic heterocycles. The number of aromatic nitrogens is 2. The molecule has 0 unspecified atom stereocenters. The molecule has 6 heteroatoms. The quantitative estimate of drug-likeness (QED) is 0.481. The predicted octanol–water partition coefficient (Wildman–Crippen LogP) is 4.39. The Balaban J connectivity index is 1.99. The fraction of sp³-hybridized carbons (Fsp3) is 0.111. The summed E-state index contributed by atoms with van der Waals surface area (Å²) >= 11 is 9.78. The third-order valence-corrected chi connectivity index (χ3v) is 4.86. The Morgan fingerprint density at radius 2 is 2.04 bits per heavy atom. The van der Waals surface area contributed by atoms with Gasteiger partial charge in [-0.15, -0.1) is 0 Å². The Morgan fingerprint density at radius 3 is 2.83 bits per heavy atom. The number of fused-ring (bicyclic) bond motifs is 2. The SMILES string of the molecule is Cc1cn2c(n1)Cc1ccc(Br)cc1C(c1ccc(N)c(Cl)c1)=N2. The average molecular weight is 402 g/mol. The van der Waals surface area contributed by atoms with E-state index in [1.165, 1.54) is 5.56 Å². The number of imidazole rings is 1. The topological polar surface area (TPSA) is 56.2 Å². The van der Waals surface area contributed by atoms with Crippen molar-refractivity contribution in [2.24, 2.45) is 5.10 Å². The van der Waals surface area contributed by atoms with Crippen molar-refractivity contribution in [3.8, 4) is 0 Å². The molecule has 0 radical (unpaired) electrons. The van der Waals surface area contributed by atoms with Crippen LogP contribution in [0.3, 0.4) is 0 Å². The van der Waals surface area contributed by atoms with E-state index in [2.05, 4.69) is 33.0 Å². The third kappa shape index (κ3) is 2.64. The molecule has 0 bridgehead atoms. The smallest absolute Gasteiger partial charge is 0.134 e. The Labute approximate surface area is 153 Å². The van der Waals surface area contributed by atoms with Gasteiger partial charge >= 0.3 is 0 Å². The minimum Gasteiger partial charge on any atom is -0.398 e. The Kier molecular flexibility index (Phi) is 3.70. The number of anilines is 1. The van der Waals surface area contributed by atoms with Gasteiger partial charge in [0.1, 0.15) is 5.82 Å². The minimum absolute atomic E-state index is 0.526. The van der Waals surface area contributed by atoms with Gasteiger partial charge in [-0.05, 0) is 36.8 Å². The highest BCUT2D eigenvalue weighted by Crippen LogP contribution is 2.28. The molecule has 0 amide bonds. The van der Waals surface area contributed by atoms with Gasteiger partial charge in [0, 0.05) is 22.0 Å². The van der Waals surface area contributed by atoms with Crippen molar-refractivity contribution in [1.29, 1.82) is 0 Å². The molecule has 4 nitrogen and oxygen atoms in total. The van der Waals surface area contributed by atoms with E-state index in [9.17, 15) is 0 Å². The van der Waals surface area contributed by atoms with Crippen LogP contribution in [0, 0.1) is 6.92 Å². The highest BCUT2D eigenvalue weighted by atomic mass is 79.9. The summed E-state index contributed by atoms with van der Waals surface area (Å²) in [5.74, 6) is 0.924. The molecule has 24 heavy (non-hydrogen) atoms. The van der Waals surface area contributed by atoms with Gasteiger partial charge in [-0.3, -0.25) is 0 Å². The maximum Gasteiger partial charge on any atom is 0.134 e. The standard InChI is InChI=1S/C18H14BrClN4/c1-10-9-24-17(22-10)7-11-2-4-13(19)8-14(11)18(23-24)12-3-5-16(21)15(20)6-12/h2-6,8-9H,7,21H2,1H3. The van der Waals surface area contributed by atoms with Crippen molar-refractivity contribution in [2.45, 2.75) is 13.3 Å². The van der Waals surface area contributed by atoms with E-state index in [0.717, 1.165) is 39.3 Å². The first-order valence-corrected chi connectivity index (χ1v) is 8.66. The Hall–Kier alpha value is -2.11. The molecule has 0 spiro atoms. The summed E-state index contributed by atoms with van der Waals surface area (Å²) in [5, 5.41) is 5.36. The zero-order valence-electron chi connectivity index (χ0n) is 12.9. The zero-order valence-corrected chi connectivity index (χ0v) is 15.3. The number of aryl methyl sites for hydroxylation is 1. The first-order valence-electron chi connectivity index (χ1n) is 7.49. The van der Waals surface area contributed by atoms with Crippen LogP contribution in [-0.4, -0.2) is 15.4 Å². The molecule has 0 saturated carbocycles. The highest BCUT2D eigenvalue weighted by molar-refractivity contribution is 9.10. The first-order chi connectivity index (χ1) is 11.5. The second-order valence-corrected chi connectivity index (χ2v) is 7.13. The molecule has 0 aliphatic carbocycles. The number of nitrogens with two attached hydrogens (primary N) is 1. The van der Waals surface area contributed by atoms with Gasteiger partial charge in [0.15, 0.2) is 0 Å². The van der Waals surface area contributed by atoms with Crippen LogP contribution in [-0.2, 0) is 6.42 Å². The molecule has 4 rings (SSSR count). The third-order valence-electron chi connectivity index (χ3n) is 4.04. The molecule has 1 aliphatic rings. The van der Waals surface area contributed by atoms with Crippen LogP contribution in [0.4, 0.5) is 5.69 Å². The lowest BCUT2D eigenvalue weighted by atomic mass is 9.96. The van der Waals surface area contributed by atoms with Crippen LogP contribution in [0.2, 0.25) is 5.02 Å². The van der Waals surface area contributed by atoms with Crippen molar-refractivity contribution in [3.63, 3.8) is 0 Å². The number of nitrogen functional groups attached to an aromatic ring is 1.